The third-order valence-corrected chi connectivity index (χ3v) is 5.85. The number of rotatable bonds is 9. The van der Waals surface area contributed by atoms with Crippen LogP contribution in [0.25, 0.3) is 11.0 Å². The van der Waals surface area contributed by atoms with Crippen LogP contribution in [0.4, 0.5) is 0 Å². The molecule has 0 aliphatic carbocycles. The van der Waals surface area contributed by atoms with Crippen molar-refractivity contribution in [1.29, 1.82) is 0 Å². The Morgan fingerprint density at radius 1 is 0.939 bits per heavy atom. The molecule has 7 heteroatoms. The van der Waals surface area contributed by atoms with Gasteiger partial charge in [-0.05, 0) is 41.5 Å². The van der Waals surface area contributed by atoms with E-state index in [0.717, 1.165) is 34.5 Å². The lowest BCUT2D eigenvalue weighted by Crippen LogP contribution is -2.19. The number of aryl methyl sites for hydroxylation is 2. The van der Waals surface area contributed by atoms with Gasteiger partial charge < -0.3 is 19.9 Å². The molecule has 0 radical (unpaired) electrons. The van der Waals surface area contributed by atoms with E-state index in [-0.39, 0.29) is 12.3 Å². The van der Waals surface area contributed by atoms with Gasteiger partial charge in [-0.1, -0.05) is 36.4 Å². The van der Waals surface area contributed by atoms with E-state index in [2.05, 4.69) is 5.32 Å². The zero-order valence-corrected chi connectivity index (χ0v) is 19.1. The Morgan fingerprint density at radius 3 is 2.42 bits per heavy atom. The maximum atomic E-state index is 12.1. The highest BCUT2D eigenvalue weighted by Gasteiger charge is 2.13. The largest absolute Gasteiger partial charge is 0.496 e. The predicted octanol–water partition coefficient (Wildman–Crippen LogP) is 3.29. The molecule has 4 rings (SSSR count). The van der Waals surface area contributed by atoms with Gasteiger partial charge in [0.2, 0.25) is 0 Å². The Balaban J connectivity index is 1.31. The quantitative estimate of drug-likeness (QED) is 0.412. The summed E-state index contributed by atoms with van der Waals surface area (Å²) in [5, 5.41) is 14.0. The van der Waals surface area contributed by atoms with Crippen molar-refractivity contribution in [2.45, 2.75) is 19.2 Å². The van der Waals surface area contributed by atoms with Crippen molar-refractivity contribution >= 4 is 11.0 Å². The molecule has 7 nitrogen and oxygen atoms in total. The molecule has 0 spiro atoms. The molecule has 1 atom stereocenters. The maximum absolute atomic E-state index is 12.1. The van der Waals surface area contributed by atoms with Gasteiger partial charge in [0.15, 0.2) is 0 Å². The van der Waals surface area contributed by atoms with Crippen LogP contribution < -0.4 is 20.5 Å². The van der Waals surface area contributed by atoms with Crippen LogP contribution in [0.2, 0.25) is 0 Å². The van der Waals surface area contributed by atoms with Gasteiger partial charge >= 0.3 is 5.69 Å². The molecule has 0 amide bonds. The Bertz CT molecular complexity index is 1290. The molecule has 2 N–H and O–H groups in total. The van der Waals surface area contributed by atoms with Crippen LogP contribution in [0, 0.1) is 0 Å². The molecule has 0 saturated carbocycles. The summed E-state index contributed by atoms with van der Waals surface area (Å²) >= 11 is 0. The van der Waals surface area contributed by atoms with Crippen LogP contribution in [0.5, 0.6) is 11.5 Å². The fraction of sp³-hybridized carbons (Fsp3) is 0.269. The number of para-hydroxylation sites is 1. The molecule has 172 valence electrons. The number of methoxy groups -OCH3 is 1. The summed E-state index contributed by atoms with van der Waals surface area (Å²) in [5.41, 5.74) is 4.47. The van der Waals surface area contributed by atoms with Gasteiger partial charge in [0.25, 0.3) is 0 Å². The second-order valence-corrected chi connectivity index (χ2v) is 8.03. The lowest BCUT2D eigenvalue weighted by molar-refractivity contribution is 0.108. The maximum Gasteiger partial charge on any atom is 0.328 e. The molecule has 33 heavy (non-hydrogen) atoms. The molecule has 0 saturated heterocycles. The van der Waals surface area contributed by atoms with Crippen molar-refractivity contribution in [2.75, 3.05) is 13.7 Å². The molecular weight excluding hydrogens is 418 g/mol. The average molecular weight is 448 g/mol. The number of hydrogen-bond donors (Lipinski definition) is 2. The fourth-order valence-electron chi connectivity index (χ4n) is 3.90. The molecule has 3 aromatic carbocycles. The van der Waals surface area contributed by atoms with Crippen molar-refractivity contribution in [1.82, 2.24) is 14.5 Å². The summed E-state index contributed by atoms with van der Waals surface area (Å²) in [7, 11) is 5.14. The lowest BCUT2D eigenvalue weighted by atomic mass is 10.1. The average Bonchev–Trinajstić information content (AvgIpc) is 3.07. The van der Waals surface area contributed by atoms with Crippen LogP contribution in [0.3, 0.4) is 0 Å². The number of aromatic nitrogens is 2. The van der Waals surface area contributed by atoms with Gasteiger partial charge in [0.1, 0.15) is 24.2 Å². The van der Waals surface area contributed by atoms with Crippen molar-refractivity contribution in [3.63, 3.8) is 0 Å². The number of imidazole rings is 1. The highest BCUT2D eigenvalue weighted by atomic mass is 16.5. The number of aliphatic hydroxyl groups is 1. The van der Waals surface area contributed by atoms with Gasteiger partial charge in [-0.2, -0.15) is 0 Å². The molecule has 0 fully saturated rings. The minimum atomic E-state index is -0.799. The van der Waals surface area contributed by atoms with E-state index in [9.17, 15) is 9.90 Å². The first kappa shape index (κ1) is 22.6. The molecule has 0 bridgehead atoms. The molecule has 0 aliphatic rings. The van der Waals surface area contributed by atoms with Crippen LogP contribution in [-0.2, 0) is 27.2 Å². The first-order chi connectivity index (χ1) is 16.0. The molecular formula is C26H29N3O4. The SMILES string of the molecule is COc1ccccc1CNCc1ccc(OC[C@@H](O)c2ccc3c(c2)n(C)c(=O)n3C)cc1. The number of aliphatic hydroxyl groups excluding tert-OH is 1. The van der Waals surface area contributed by atoms with Gasteiger partial charge in [-0.15, -0.1) is 0 Å². The Hall–Kier alpha value is -3.55. The Labute approximate surface area is 192 Å². The van der Waals surface area contributed by atoms with E-state index >= 15 is 0 Å². The number of ether oxygens (including phenoxy) is 2. The van der Waals surface area contributed by atoms with E-state index in [0.29, 0.717) is 17.9 Å². The third kappa shape index (κ3) is 4.94. The van der Waals surface area contributed by atoms with Crippen molar-refractivity contribution < 1.29 is 14.6 Å². The zero-order chi connectivity index (χ0) is 23.4. The molecule has 4 aromatic rings. The number of nitrogens with zero attached hydrogens (tertiary/aromatic N) is 2. The van der Waals surface area contributed by atoms with Crippen LogP contribution in [0.1, 0.15) is 22.8 Å². The van der Waals surface area contributed by atoms with Gasteiger partial charge in [-0.3, -0.25) is 9.13 Å². The summed E-state index contributed by atoms with van der Waals surface area (Å²) in [6.07, 6.45) is -0.799. The first-order valence-electron chi connectivity index (χ1n) is 10.9. The lowest BCUT2D eigenvalue weighted by Gasteiger charge is -2.14. The second kappa shape index (κ2) is 9.94. The van der Waals surface area contributed by atoms with Crippen LogP contribution in [0.15, 0.2) is 71.5 Å². The first-order valence-corrected chi connectivity index (χ1v) is 10.9. The minimum Gasteiger partial charge on any atom is -0.496 e. The summed E-state index contributed by atoms with van der Waals surface area (Å²) in [5.74, 6) is 1.57. The number of fused-ring (bicyclic) bond motifs is 1. The number of nitrogens with one attached hydrogen (secondary N) is 1. The summed E-state index contributed by atoms with van der Waals surface area (Å²) < 4.78 is 14.3. The van der Waals surface area contributed by atoms with Crippen LogP contribution in [-0.4, -0.2) is 28.0 Å². The summed E-state index contributed by atoms with van der Waals surface area (Å²) in [6.45, 7) is 1.56. The second-order valence-electron chi connectivity index (χ2n) is 8.03. The zero-order valence-electron chi connectivity index (χ0n) is 19.1. The van der Waals surface area contributed by atoms with Gasteiger partial charge in [0, 0.05) is 32.7 Å². The molecule has 1 aromatic heterocycles. The smallest absolute Gasteiger partial charge is 0.328 e. The third-order valence-electron chi connectivity index (χ3n) is 5.85. The van der Waals surface area contributed by atoms with E-state index < -0.39 is 6.10 Å². The van der Waals surface area contributed by atoms with E-state index in [1.807, 2.05) is 66.7 Å². The standard InChI is InChI=1S/C26H29N3O4/c1-28-22-13-10-19(14-23(22)29(2)26(28)31)24(30)17-33-21-11-8-18(9-12-21)15-27-16-20-6-4-5-7-25(20)32-3/h4-14,24,27,30H,15-17H2,1-3H3/t24-/m1/s1. The van der Waals surface area contributed by atoms with E-state index in [1.165, 1.54) is 0 Å². The van der Waals surface area contributed by atoms with Gasteiger partial charge in [0.05, 0.1) is 18.1 Å². The Kier molecular flexibility index (Phi) is 6.82. The topological polar surface area (TPSA) is 77.7 Å². The van der Waals surface area contributed by atoms with Crippen molar-refractivity contribution in [3.8, 4) is 11.5 Å². The molecule has 0 unspecified atom stereocenters. The van der Waals surface area contributed by atoms with Crippen molar-refractivity contribution in [2.24, 2.45) is 14.1 Å². The molecule has 0 aliphatic heterocycles. The predicted molar refractivity (Wildman–Crippen MR) is 129 cm³/mol. The summed E-state index contributed by atoms with van der Waals surface area (Å²) in [6, 6.07) is 21.3. The monoisotopic (exact) mass is 447 g/mol. The minimum absolute atomic E-state index is 0.0922. The van der Waals surface area contributed by atoms with Gasteiger partial charge in [-0.25, -0.2) is 4.79 Å². The fourth-order valence-corrected chi connectivity index (χ4v) is 3.90. The highest BCUT2D eigenvalue weighted by Crippen LogP contribution is 2.21. The van der Waals surface area contributed by atoms with E-state index in [1.54, 1.807) is 30.3 Å². The van der Waals surface area contributed by atoms with Crippen LogP contribution >= 0.6 is 0 Å². The summed E-state index contributed by atoms with van der Waals surface area (Å²) in [4.78, 5) is 12.1. The Morgan fingerprint density at radius 2 is 1.67 bits per heavy atom. The number of benzene rings is 3. The number of hydrogen-bond acceptors (Lipinski definition) is 5. The highest BCUT2D eigenvalue weighted by molar-refractivity contribution is 5.77. The normalized spacial score (nSPS) is 12.1. The van der Waals surface area contributed by atoms with E-state index in [4.69, 9.17) is 9.47 Å². The molecule has 1 heterocycles. The van der Waals surface area contributed by atoms with Crippen molar-refractivity contribution in [3.05, 3.63) is 93.9 Å².